The highest BCUT2D eigenvalue weighted by atomic mass is 19.4. The van der Waals surface area contributed by atoms with Gasteiger partial charge >= 0.3 is 6.18 Å². The number of nitrogens with zero attached hydrogens (tertiary/aromatic N) is 2. The number of carbonyl (C=O) groups is 1. The van der Waals surface area contributed by atoms with Gasteiger partial charge < -0.3 is 15.4 Å². The minimum Gasteiger partial charge on any atom is -0.490 e. The zero-order valence-corrected chi connectivity index (χ0v) is 15.1. The van der Waals surface area contributed by atoms with E-state index in [0.29, 0.717) is 25.7 Å². The molecule has 0 aliphatic heterocycles. The summed E-state index contributed by atoms with van der Waals surface area (Å²) in [6.07, 6.45) is -1.32. The van der Waals surface area contributed by atoms with Crippen LogP contribution in [-0.2, 0) is 11.0 Å². The largest absolute Gasteiger partial charge is 0.490 e. The molecule has 0 aromatic heterocycles. The first-order valence-electron chi connectivity index (χ1n) is 8.62. The normalized spacial score (nSPS) is 20.0. The summed E-state index contributed by atoms with van der Waals surface area (Å²) in [5, 5.41) is 17.4. The Bertz CT molecular complexity index is 793. The Kier molecular flexibility index (Phi) is 6.98. The third kappa shape index (κ3) is 5.45. The third-order valence-electron chi connectivity index (χ3n) is 4.36. The number of nitriles is 1. The molecule has 0 bridgehead atoms. The summed E-state index contributed by atoms with van der Waals surface area (Å²) in [5.74, 6) is -0.401. The zero-order chi connectivity index (χ0) is 20.7. The quantitative estimate of drug-likeness (QED) is 0.506. The number of benzene rings is 1. The highest BCUT2D eigenvalue weighted by Gasteiger charge is 2.34. The van der Waals surface area contributed by atoms with Gasteiger partial charge in [-0.15, -0.1) is 0 Å². The Morgan fingerprint density at radius 2 is 2.04 bits per heavy atom. The number of ether oxygens (including phenoxy) is 1. The van der Waals surface area contributed by atoms with E-state index in [9.17, 15) is 18.0 Å². The summed E-state index contributed by atoms with van der Waals surface area (Å²) >= 11 is 0. The van der Waals surface area contributed by atoms with Gasteiger partial charge in [-0.05, 0) is 43.9 Å². The van der Waals surface area contributed by atoms with Gasteiger partial charge in [0, 0.05) is 19.3 Å². The number of halogens is 3. The van der Waals surface area contributed by atoms with Gasteiger partial charge in [0.05, 0.1) is 23.3 Å². The SMILES string of the molecule is CN/C=C(\N=N)C(=O)N[C@H]1CC[C@H](Oc2ccc(C#N)c(C(F)(F)F)c2)CC1. The van der Waals surface area contributed by atoms with Crippen LogP contribution in [0.1, 0.15) is 36.8 Å². The molecule has 10 heteroatoms. The molecular weight excluding hydrogens is 375 g/mol. The van der Waals surface area contributed by atoms with Crippen LogP contribution < -0.4 is 15.4 Å². The molecule has 1 amide bonds. The van der Waals surface area contributed by atoms with E-state index in [4.69, 9.17) is 15.5 Å². The maximum absolute atomic E-state index is 13.0. The number of rotatable bonds is 6. The van der Waals surface area contributed by atoms with Gasteiger partial charge in [0.25, 0.3) is 5.91 Å². The van der Waals surface area contributed by atoms with E-state index in [2.05, 4.69) is 15.7 Å². The lowest BCUT2D eigenvalue weighted by Crippen LogP contribution is -2.40. The van der Waals surface area contributed by atoms with Crippen molar-refractivity contribution in [2.45, 2.75) is 44.0 Å². The van der Waals surface area contributed by atoms with Crippen LogP contribution in [0.15, 0.2) is 35.2 Å². The Morgan fingerprint density at radius 3 is 2.57 bits per heavy atom. The molecule has 28 heavy (non-hydrogen) atoms. The maximum Gasteiger partial charge on any atom is 0.417 e. The van der Waals surface area contributed by atoms with E-state index >= 15 is 0 Å². The van der Waals surface area contributed by atoms with Crippen molar-refractivity contribution in [3.63, 3.8) is 0 Å². The fourth-order valence-electron chi connectivity index (χ4n) is 2.99. The van der Waals surface area contributed by atoms with Crippen LogP contribution in [0, 0.1) is 16.9 Å². The molecule has 7 nitrogen and oxygen atoms in total. The lowest BCUT2D eigenvalue weighted by molar-refractivity contribution is -0.138. The first-order valence-corrected chi connectivity index (χ1v) is 8.62. The summed E-state index contributed by atoms with van der Waals surface area (Å²) < 4.78 is 44.8. The summed E-state index contributed by atoms with van der Waals surface area (Å²) in [6.45, 7) is 0. The summed E-state index contributed by atoms with van der Waals surface area (Å²) in [4.78, 5) is 12.0. The van der Waals surface area contributed by atoms with Crippen molar-refractivity contribution in [3.05, 3.63) is 41.2 Å². The topological polar surface area (TPSA) is 110 Å². The minimum atomic E-state index is -4.63. The predicted molar refractivity (Wildman–Crippen MR) is 93.3 cm³/mol. The molecule has 0 atom stereocenters. The second-order valence-electron chi connectivity index (χ2n) is 6.31. The number of alkyl halides is 3. The molecule has 0 saturated heterocycles. The molecule has 0 radical (unpaired) electrons. The van der Waals surface area contributed by atoms with Crippen molar-refractivity contribution >= 4 is 5.91 Å². The van der Waals surface area contributed by atoms with Crippen molar-refractivity contribution in [1.29, 1.82) is 10.8 Å². The van der Waals surface area contributed by atoms with Crippen LogP contribution in [0.4, 0.5) is 13.2 Å². The number of carbonyl (C=O) groups excluding carboxylic acids is 1. The fraction of sp³-hybridized carbons (Fsp3) is 0.444. The minimum absolute atomic E-state index is 0.0434. The van der Waals surface area contributed by atoms with Gasteiger partial charge in [-0.25, -0.2) is 5.53 Å². The fourth-order valence-corrected chi connectivity index (χ4v) is 2.99. The van der Waals surface area contributed by atoms with Gasteiger partial charge in [0.1, 0.15) is 5.75 Å². The highest BCUT2D eigenvalue weighted by molar-refractivity contribution is 5.92. The van der Waals surface area contributed by atoms with E-state index in [1.54, 1.807) is 7.05 Å². The molecular formula is C18H20F3N5O2. The lowest BCUT2D eigenvalue weighted by atomic mass is 9.92. The summed E-state index contributed by atoms with van der Waals surface area (Å²) in [7, 11) is 1.59. The van der Waals surface area contributed by atoms with Crippen molar-refractivity contribution in [1.82, 2.24) is 10.6 Å². The Balaban J connectivity index is 1.94. The van der Waals surface area contributed by atoms with Crippen molar-refractivity contribution in [3.8, 4) is 11.8 Å². The van der Waals surface area contributed by atoms with Crippen LogP contribution in [0.5, 0.6) is 5.75 Å². The predicted octanol–water partition coefficient (Wildman–Crippen LogP) is 3.48. The van der Waals surface area contributed by atoms with Gasteiger partial charge in [-0.2, -0.15) is 23.5 Å². The Labute approximate surface area is 160 Å². The summed E-state index contributed by atoms with van der Waals surface area (Å²) in [5.41, 5.74) is 5.49. The van der Waals surface area contributed by atoms with Crippen LogP contribution in [-0.4, -0.2) is 25.1 Å². The molecule has 2 rings (SSSR count). The standard InChI is InChI=1S/C18H20F3N5O2/c1-24-10-16(26-23)17(27)25-12-3-6-13(7-4-12)28-14-5-2-11(9-22)15(8-14)18(19,20)21/h2,5,8,10,12-13,23-24H,3-4,6-7H2,1H3,(H,25,27)/b16-10-,26-23?/t12-,13-. The molecule has 3 N–H and O–H groups in total. The second kappa shape index (κ2) is 9.21. The molecule has 0 unspecified atom stereocenters. The number of hydrogen-bond acceptors (Lipinski definition) is 6. The van der Waals surface area contributed by atoms with E-state index < -0.39 is 23.2 Å². The zero-order valence-electron chi connectivity index (χ0n) is 15.1. The molecule has 150 valence electrons. The monoisotopic (exact) mass is 395 g/mol. The molecule has 1 aromatic rings. The third-order valence-corrected chi connectivity index (χ3v) is 4.36. The van der Waals surface area contributed by atoms with E-state index in [1.807, 2.05) is 0 Å². The van der Waals surface area contributed by atoms with Gasteiger partial charge in [-0.3, -0.25) is 4.79 Å². The van der Waals surface area contributed by atoms with Gasteiger partial charge in [0.2, 0.25) is 0 Å². The molecule has 0 spiro atoms. The smallest absolute Gasteiger partial charge is 0.417 e. The molecule has 1 aliphatic carbocycles. The molecule has 1 fully saturated rings. The van der Waals surface area contributed by atoms with Crippen LogP contribution in [0.3, 0.4) is 0 Å². The first-order chi connectivity index (χ1) is 13.3. The molecule has 0 heterocycles. The maximum atomic E-state index is 13.0. The average molecular weight is 395 g/mol. The number of hydrogen-bond donors (Lipinski definition) is 3. The van der Waals surface area contributed by atoms with Crippen LogP contribution in [0.25, 0.3) is 0 Å². The van der Waals surface area contributed by atoms with Gasteiger partial charge in [0.15, 0.2) is 5.70 Å². The lowest BCUT2D eigenvalue weighted by Gasteiger charge is -2.29. The highest BCUT2D eigenvalue weighted by Crippen LogP contribution is 2.35. The van der Waals surface area contributed by atoms with Gasteiger partial charge in [-0.1, -0.05) is 0 Å². The van der Waals surface area contributed by atoms with Crippen molar-refractivity contribution in [2.75, 3.05) is 7.05 Å². The summed E-state index contributed by atoms with van der Waals surface area (Å²) in [6, 6.07) is 4.71. The molecule has 1 saturated carbocycles. The number of nitrogens with one attached hydrogen (secondary N) is 3. The van der Waals surface area contributed by atoms with E-state index in [-0.39, 0.29) is 23.6 Å². The molecule has 1 aromatic carbocycles. The van der Waals surface area contributed by atoms with E-state index in [0.717, 1.165) is 12.1 Å². The average Bonchev–Trinajstić information content (AvgIpc) is 2.66. The Morgan fingerprint density at radius 1 is 1.36 bits per heavy atom. The first kappa shape index (κ1) is 21.2. The number of amides is 1. The van der Waals surface area contributed by atoms with Crippen LogP contribution >= 0.6 is 0 Å². The van der Waals surface area contributed by atoms with Crippen molar-refractivity contribution < 1.29 is 22.7 Å². The second-order valence-corrected chi connectivity index (χ2v) is 6.31. The van der Waals surface area contributed by atoms with Crippen molar-refractivity contribution in [2.24, 2.45) is 5.11 Å². The molecule has 1 aliphatic rings. The van der Waals surface area contributed by atoms with E-state index in [1.165, 1.54) is 18.3 Å². The van der Waals surface area contributed by atoms with Crippen LogP contribution in [0.2, 0.25) is 0 Å². The Hall–Kier alpha value is -3.09.